The van der Waals surface area contributed by atoms with Crippen molar-refractivity contribution < 1.29 is 23.1 Å². The minimum atomic E-state index is -0.678. The number of morpholine rings is 1. The Morgan fingerprint density at radius 2 is 1.66 bits per heavy atom. The average molecular weight is 473 g/mol. The van der Waals surface area contributed by atoms with Crippen LogP contribution < -0.4 is 10.2 Å². The first-order valence-corrected chi connectivity index (χ1v) is 11.1. The minimum Gasteiger partial charge on any atom is -0.378 e. The van der Waals surface area contributed by atoms with Gasteiger partial charge in [0, 0.05) is 40.9 Å². The van der Waals surface area contributed by atoms with E-state index in [2.05, 4.69) is 15.2 Å². The number of carbonyl (C=O) groups is 2. The summed E-state index contributed by atoms with van der Waals surface area (Å²) >= 11 is 0. The highest BCUT2D eigenvalue weighted by atomic mass is 19.1. The molecular weight excluding hydrogens is 452 g/mol. The molecule has 1 saturated heterocycles. The number of hydrogen-bond donors (Lipinski definition) is 1. The lowest BCUT2D eigenvalue weighted by atomic mass is 10.0. The summed E-state index contributed by atoms with van der Waals surface area (Å²) in [7, 11) is 0. The standard InChI is InChI=1S/C27H21F2N3O3/c28-21-3-1-2-18(11-21)27(34)31-23-13-20(12-22(29)15-23)26(33)17-4-5-25-19(10-17)14-24(16-30-25)32-6-8-35-9-7-32/h1-5,10-16H,6-9H2,(H,31,34). The van der Waals surface area contributed by atoms with Crippen molar-refractivity contribution in [1.82, 2.24) is 4.98 Å². The van der Waals surface area contributed by atoms with Crippen LogP contribution in [-0.4, -0.2) is 43.0 Å². The zero-order chi connectivity index (χ0) is 24.4. The van der Waals surface area contributed by atoms with Crippen LogP contribution in [0.2, 0.25) is 0 Å². The molecule has 5 rings (SSSR count). The molecule has 1 N–H and O–H groups in total. The molecule has 6 nitrogen and oxygen atoms in total. The van der Waals surface area contributed by atoms with Gasteiger partial charge in [0.15, 0.2) is 5.78 Å². The van der Waals surface area contributed by atoms with E-state index in [1.54, 1.807) is 24.4 Å². The van der Waals surface area contributed by atoms with Crippen molar-refractivity contribution >= 4 is 34.0 Å². The van der Waals surface area contributed by atoms with Gasteiger partial charge in [0.1, 0.15) is 11.6 Å². The molecule has 1 amide bonds. The lowest BCUT2D eigenvalue weighted by molar-refractivity contribution is 0.102. The van der Waals surface area contributed by atoms with Crippen molar-refractivity contribution in [2.75, 3.05) is 36.5 Å². The van der Waals surface area contributed by atoms with Gasteiger partial charge in [-0.05, 0) is 60.7 Å². The number of ether oxygens (including phenoxy) is 1. The summed E-state index contributed by atoms with van der Waals surface area (Å²) in [5, 5.41) is 3.31. The molecule has 2 heterocycles. The summed E-state index contributed by atoms with van der Waals surface area (Å²) < 4.78 is 33.2. The van der Waals surface area contributed by atoms with Gasteiger partial charge in [-0.25, -0.2) is 8.78 Å². The second kappa shape index (κ2) is 9.60. The predicted molar refractivity (Wildman–Crippen MR) is 129 cm³/mol. The fourth-order valence-electron chi connectivity index (χ4n) is 4.05. The number of rotatable bonds is 5. The number of aromatic nitrogens is 1. The van der Waals surface area contributed by atoms with E-state index >= 15 is 0 Å². The van der Waals surface area contributed by atoms with Crippen molar-refractivity contribution in [3.8, 4) is 0 Å². The predicted octanol–water partition coefficient (Wildman–Crippen LogP) is 4.83. The average Bonchev–Trinajstić information content (AvgIpc) is 2.87. The third-order valence-corrected chi connectivity index (χ3v) is 5.81. The smallest absolute Gasteiger partial charge is 0.255 e. The molecule has 1 aliphatic heterocycles. The number of fused-ring (bicyclic) bond motifs is 1. The summed E-state index contributed by atoms with van der Waals surface area (Å²) in [5.41, 5.74) is 2.31. The van der Waals surface area contributed by atoms with Gasteiger partial charge in [0.05, 0.1) is 30.6 Å². The monoisotopic (exact) mass is 473 g/mol. The van der Waals surface area contributed by atoms with Crippen molar-refractivity contribution in [3.05, 3.63) is 101 Å². The molecule has 0 radical (unpaired) electrons. The largest absolute Gasteiger partial charge is 0.378 e. The van der Waals surface area contributed by atoms with Crippen molar-refractivity contribution in [2.24, 2.45) is 0 Å². The van der Waals surface area contributed by atoms with Crippen LogP contribution >= 0.6 is 0 Å². The minimum absolute atomic E-state index is 0.0798. The number of hydrogen-bond acceptors (Lipinski definition) is 5. The van der Waals surface area contributed by atoms with E-state index in [9.17, 15) is 18.4 Å². The van der Waals surface area contributed by atoms with E-state index in [4.69, 9.17) is 4.74 Å². The number of benzene rings is 3. The molecule has 4 aromatic rings. The third kappa shape index (κ3) is 5.02. The zero-order valence-electron chi connectivity index (χ0n) is 18.6. The summed E-state index contributed by atoms with van der Waals surface area (Å²) in [4.78, 5) is 32.3. The van der Waals surface area contributed by atoms with E-state index in [0.717, 1.165) is 47.9 Å². The molecule has 8 heteroatoms. The highest BCUT2D eigenvalue weighted by Crippen LogP contribution is 2.24. The van der Waals surface area contributed by atoms with E-state index in [1.165, 1.54) is 24.3 Å². The van der Waals surface area contributed by atoms with E-state index < -0.39 is 23.3 Å². The van der Waals surface area contributed by atoms with Crippen LogP contribution in [0, 0.1) is 11.6 Å². The van der Waals surface area contributed by atoms with E-state index in [1.807, 2.05) is 6.07 Å². The first kappa shape index (κ1) is 22.6. The second-order valence-corrected chi connectivity index (χ2v) is 8.22. The normalized spacial score (nSPS) is 13.6. The molecule has 3 aromatic carbocycles. The fourth-order valence-corrected chi connectivity index (χ4v) is 4.05. The molecule has 1 aliphatic rings. The van der Waals surface area contributed by atoms with Gasteiger partial charge < -0.3 is 15.0 Å². The molecule has 1 fully saturated rings. The summed E-state index contributed by atoms with van der Waals surface area (Å²) in [6.07, 6.45) is 1.80. The Hall–Kier alpha value is -4.17. The SMILES string of the molecule is O=C(Nc1cc(F)cc(C(=O)c2ccc3ncc(N4CCOCC4)cc3c2)c1)c1cccc(F)c1. The number of nitrogens with zero attached hydrogens (tertiary/aromatic N) is 2. The molecule has 0 saturated carbocycles. The topological polar surface area (TPSA) is 71.5 Å². The Bertz CT molecular complexity index is 1430. The molecule has 0 bridgehead atoms. The van der Waals surface area contributed by atoms with Crippen LogP contribution in [0.1, 0.15) is 26.3 Å². The number of amides is 1. The van der Waals surface area contributed by atoms with Crippen LogP contribution in [0.25, 0.3) is 10.9 Å². The number of ketones is 1. The molecule has 0 atom stereocenters. The van der Waals surface area contributed by atoms with Gasteiger partial charge in [-0.1, -0.05) is 6.07 Å². The van der Waals surface area contributed by atoms with Gasteiger partial charge in [0.25, 0.3) is 5.91 Å². The molecule has 0 spiro atoms. The quantitative estimate of drug-likeness (QED) is 0.421. The van der Waals surface area contributed by atoms with Crippen LogP contribution in [-0.2, 0) is 4.74 Å². The molecular formula is C27H21F2N3O3. The van der Waals surface area contributed by atoms with Gasteiger partial charge in [-0.15, -0.1) is 0 Å². The van der Waals surface area contributed by atoms with Crippen molar-refractivity contribution in [3.63, 3.8) is 0 Å². The Morgan fingerprint density at radius 3 is 2.46 bits per heavy atom. The fraction of sp³-hybridized carbons (Fsp3) is 0.148. The third-order valence-electron chi connectivity index (χ3n) is 5.81. The van der Waals surface area contributed by atoms with Crippen LogP contribution in [0.5, 0.6) is 0 Å². The number of anilines is 2. The van der Waals surface area contributed by atoms with Crippen LogP contribution in [0.3, 0.4) is 0 Å². The highest BCUT2D eigenvalue weighted by Gasteiger charge is 2.16. The molecule has 35 heavy (non-hydrogen) atoms. The van der Waals surface area contributed by atoms with Gasteiger partial charge in [-0.2, -0.15) is 0 Å². The summed E-state index contributed by atoms with van der Waals surface area (Å²) in [5.74, 6) is -2.25. The first-order valence-electron chi connectivity index (χ1n) is 11.1. The maximum absolute atomic E-state index is 14.3. The van der Waals surface area contributed by atoms with Crippen LogP contribution in [0.15, 0.2) is 72.9 Å². The molecule has 1 aromatic heterocycles. The van der Waals surface area contributed by atoms with E-state index in [0.29, 0.717) is 18.8 Å². The summed E-state index contributed by atoms with van der Waals surface area (Å²) in [6.45, 7) is 2.82. The lowest BCUT2D eigenvalue weighted by Gasteiger charge is -2.28. The van der Waals surface area contributed by atoms with E-state index in [-0.39, 0.29) is 16.8 Å². The molecule has 176 valence electrons. The number of carbonyl (C=O) groups excluding carboxylic acids is 2. The van der Waals surface area contributed by atoms with Gasteiger partial charge in [-0.3, -0.25) is 14.6 Å². The first-order chi connectivity index (χ1) is 17.0. The number of pyridine rings is 1. The van der Waals surface area contributed by atoms with Crippen molar-refractivity contribution in [2.45, 2.75) is 0 Å². The molecule has 0 unspecified atom stereocenters. The summed E-state index contributed by atoms with van der Waals surface area (Å²) in [6, 6.07) is 15.9. The number of halogens is 2. The van der Waals surface area contributed by atoms with Gasteiger partial charge in [0.2, 0.25) is 0 Å². The maximum Gasteiger partial charge on any atom is 0.255 e. The molecule has 0 aliphatic carbocycles. The Kier molecular flexibility index (Phi) is 6.20. The van der Waals surface area contributed by atoms with Crippen molar-refractivity contribution in [1.29, 1.82) is 0 Å². The van der Waals surface area contributed by atoms with Gasteiger partial charge >= 0.3 is 0 Å². The Balaban J connectivity index is 1.41. The zero-order valence-corrected chi connectivity index (χ0v) is 18.6. The Morgan fingerprint density at radius 1 is 0.857 bits per heavy atom. The Labute approximate surface area is 200 Å². The maximum atomic E-state index is 14.3. The highest BCUT2D eigenvalue weighted by molar-refractivity contribution is 6.11. The number of nitrogens with one attached hydrogen (secondary N) is 1. The van der Waals surface area contributed by atoms with Crippen LogP contribution in [0.4, 0.5) is 20.2 Å². The lowest BCUT2D eigenvalue weighted by Crippen LogP contribution is -2.36. The second-order valence-electron chi connectivity index (χ2n) is 8.22.